The van der Waals surface area contributed by atoms with E-state index < -0.39 is 0 Å². The molecule has 2 aromatic rings. The van der Waals surface area contributed by atoms with E-state index in [0.717, 1.165) is 25.1 Å². The van der Waals surface area contributed by atoms with Crippen LogP contribution >= 0.6 is 0 Å². The second kappa shape index (κ2) is 7.41. The van der Waals surface area contributed by atoms with E-state index in [9.17, 15) is 0 Å². The smallest absolute Gasteiger partial charge is 0.213 e. The number of benzene rings is 1. The van der Waals surface area contributed by atoms with Gasteiger partial charge in [-0.25, -0.2) is 4.98 Å². The van der Waals surface area contributed by atoms with Crippen molar-refractivity contribution in [3.05, 3.63) is 54.2 Å². The minimum atomic E-state index is 0.648. The van der Waals surface area contributed by atoms with Crippen molar-refractivity contribution >= 4 is 5.69 Å². The molecule has 3 heteroatoms. The fraction of sp³-hybridized carbons (Fsp3) is 0.312. The van der Waals surface area contributed by atoms with Crippen LogP contribution in [0.25, 0.3) is 0 Å². The van der Waals surface area contributed by atoms with Crippen LogP contribution in [-0.2, 0) is 6.42 Å². The monoisotopic (exact) mass is 256 g/mol. The number of pyridine rings is 1. The van der Waals surface area contributed by atoms with E-state index in [4.69, 9.17) is 4.74 Å². The van der Waals surface area contributed by atoms with Gasteiger partial charge in [-0.05, 0) is 30.9 Å². The summed E-state index contributed by atoms with van der Waals surface area (Å²) >= 11 is 0. The number of unbranched alkanes of at least 4 members (excludes halogenated alkanes) is 1. The third-order valence-electron chi connectivity index (χ3n) is 3.01. The SMILES string of the molecule is COc1ccc(NCCCCc2ccccc2)cn1. The van der Waals surface area contributed by atoms with Gasteiger partial charge in [-0.15, -0.1) is 0 Å². The summed E-state index contributed by atoms with van der Waals surface area (Å²) in [7, 11) is 1.62. The second-order valence-electron chi connectivity index (χ2n) is 4.46. The van der Waals surface area contributed by atoms with E-state index in [1.165, 1.54) is 12.0 Å². The van der Waals surface area contributed by atoms with Gasteiger partial charge in [0.2, 0.25) is 5.88 Å². The predicted molar refractivity (Wildman–Crippen MR) is 78.7 cm³/mol. The Bertz CT molecular complexity index is 468. The van der Waals surface area contributed by atoms with E-state index in [-0.39, 0.29) is 0 Å². The van der Waals surface area contributed by atoms with E-state index in [1.54, 1.807) is 13.3 Å². The van der Waals surface area contributed by atoms with Crippen molar-refractivity contribution in [1.29, 1.82) is 0 Å². The highest BCUT2D eigenvalue weighted by Crippen LogP contribution is 2.11. The zero-order valence-corrected chi connectivity index (χ0v) is 11.3. The molecule has 1 aromatic carbocycles. The Morgan fingerprint density at radius 3 is 2.58 bits per heavy atom. The van der Waals surface area contributed by atoms with Crippen molar-refractivity contribution in [3.63, 3.8) is 0 Å². The highest BCUT2D eigenvalue weighted by atomic mass is 16.5. The van der Waals surface area contributed by atoms with E-state index >= 15 is 0 Å². The van der Waals surface area contributed by atoms with Crippen LogP contribution in [0.5, 0.6) is 5.88 Å². The Hall–Kier alpha value is -2.03. The molecule has 0 saturated carbocycles. The molecule has 0 aliphatic heterocycles. The average molecular weight is 256 g/mol. The Morgan fingerprint density at radius 2 is 1.89 bits per heavy atom. The topological polar surface area (TPSA) is 34.1 Å². The molecule has 0 aliphatic carbocycles. The Balaban J connectivity index is 1.63. The number of aryl methyl sites for hydroxylation is 1. The van der Waals surface area contributed by atoms with Gasteiger partial charge in [0.05, 0.1) is 19.0 Å². The lowest BCUT2D eigenvalue weighted by atomic mass is 10.1. The summed E-state index contributed by atoms with van der Waals surface area (Å²) < 4.78 is 5.02. The zero-order chi connectivity index (χ0) is 13.3. The van der Waals surface area contributed by atoms with Gasteiger partial charge in [-0.3, -0.25) is 0 Å². The molecule has 3 nitrogen and oxygen atoms in total. The largest absolute Gasteiger partial charge is 0.481 e. The van der Waals surface area contributed by atoms with Gasteiger partial charge < -0.3 is 10.1 Å². The Labute approximate surface area is 114 Å². The van der Waals surface area contributed by atoms with Crippen LogP contribution < -0.4 is 10.1 Å². The molecular formula is C16H20N2O. The molecule has 0 bridgehead atoms. The maximum Gasteiger partial charge on any atom is 0.213 e. The van der Waals surface area contributed by atoms with E-state index in [1.807, 2.05) is 12.1 Å². The first-order valence-electron chi connectivity index (χ1n) is 6.66. The number of anilines is 1. The van der Waals surface area contributed by atoms with Crippen LogP contribution in [0, 0.1) is 0 Å². The molecule has 0 saturated heterocycles. The molecule has 1 N–H and O–H groups in total. The number of hydrogen-bond acceptors (Lipinski definition) is 3. The summed E-state index contributed by atoms with van der Waals surface area (Å²) in [5.41, 5.74) is 2.45. The third kappa shape index (κ3) is 4.62. The molecule has 0 amide bonds. The molecule has 0 atom stereocenters. The first-order valence-corrected chi connectivity index (χ1v) is 6.66. The van der Waals surface area contributed by atoms with Crippen LogP contribution in [-0.4, -0.2) is 18.6 Å². The van der Waals surface area contributed by atoms with Crippen LogP contribution in [0.1, 0.15) is 18.4 Å². The highest BCUT2D eigenvalue weighted by molar-refractivity contribution is 5.41. The first-order chi connectivity index (χ1) is 9.38. The van der Waals surface area contributed by atoms with Crippen LogP contribution in [0.15, 0.2) is 48.7 Å². The lowest BCUT2D eigenvalue weighted by molar-refractivity contribution is 0.398. The van der Waals surface area contributed by atoms with Crippen molar-refractivity contribution in [3.8, 4) is 5.88 Å². The molecule has 0 fully saturated rings. The first kappa shape index (κ1) is 13.4. The average Bonchev–Trinajstić information content (AvgIpc) is 2.49. The molecule has 0 unspecified atom stereocenters. The third-order valence-corrected chi connectivity index (χ3v) is 3.01. The van der Waals surface area contributed by atoms with Crippen molar-refractivity contribution < 1.29 is 4.74 Å². The van der Waals surface area contributed by atoms with Gasteiger partial charge >= 0.3 is 0 Å². The number of aromatic nitrogens is 1. The molecule has 2 rings (SSSR count). The lowest BCUT2D eigenvalue weighted by Gasteiger charge is -2.06. The minimum absolute atomic E-state index is 0.648. The summed E-state index contributed by atoms with van der Waals surface area (Å²) in [5.74, 6) is 0.648. The molecule has 19 heavy (non-hydrogen) atoms. The molecule has 0 spiro atoms. The van der Waals surface area contributed by atoms with Crippen molar-refractivity contribution in [2.45, 2.75) is 19.3 Å². The van der Waals surface area contributed by atoms with Crippen molar-refractivity contribution in [2.75, 3.05) is 19.0 Å². The maximum atomic E-state index is 5.02. The van der Waals surface area contributed by atoms with Crippen molar-refractivity contribution in [2.24, 2.45) is 0 Å². The lowest BCUT2D eigenvalue weighted by Crippen LogP contribution is -2.02. The summed E-state index contributed by atoms with van der Waals surface area (Å²) in [6.45, 7) is 0.973. The second-order valence-corrected chi connectivity index (χ2v) is 4.46. The normalized spacial score (nSPS) is 10.2. The van der Waals surface area contributed by atoms with Crippen molar-refractivity contribution in [1.82, 2.24) is 4.98 Å². The van der Waals surface area contributed by atoms with Crippen LogP contribution in [0.4, 0.5) is 5.69 Å². The molecule has 0 aliphatic rings. The molecular weight excluding hydrogens is 236 g/mol. The van der Waals surface area contributed by atoms with Gasteiger partial charge in [0, 0.05) is 12.6 Å². The Morgan fingerprint density at radius 1 is 1.05 bits per heavy atom. The molecule has 1 aromatic heterocycles. The zero-order valence-electron chi connectivity index (χ0n) is 11.3. The number of methoxy groups -OCH3 is 1. The number of hydrogen-bond donors (Lipinski definition) is 1. The number of ether oxygens (including phenoxy) is 1. The quantitative estimate of drug-likeness (QED) is 0.770. The molecule has 100 valence electrons. The summed E-state index contributed by atoms with van der Waals surface area (Å²) in [6, 6.07) is 14.5. The number of nitrogens with zero attached hydrogens (tertiary/aromatic N) is 1. The summed E-state index contributed by atoms with van der Waals surface area (Å²) in [5, 5.41) is 3.36. The van der Waals surface area contributed by atoms with Gasteiger partial charge in [0.25, 0.3) is 0 Å². The fourth-order valence-electron chi connectivity index (χ4n) is 1.94. The van der Waals surface area contributed by atoms with Crippen LogP contribution in [0.2, 0.25) is 0 Å². The standard InChI is InChI=1S/C16H20N2O/c1-19-16-11-10-15(13-18-16)17-12-6-5-9-14-7-3-2-4-8-14/h2-4,7-8,10-11,13,17H,5-6,9,12H2,1H3. The van der Waals surface area contributed by atoms with Gasteiger partial charge in [0.15, 0.2) is 0 Å². The fourth-order valence-corrected chi connectivity index (χ4v) is 1.94. The minimum Gasteiger partial charge on any atom is -0.481 e. The van der Waals surface area contributed by atoms with Gasteiger partial charge in [-0.1, -0.05) is 30.3 Å². The predicted octanol–water partition coefficient (Wildman–Crippen LogP) is 3.53. The van der Waals surface area contributed by atoms with Crippen LogP contribution in [0.3, 0.4) is 0 Å². The summed E-state index contributed by atoms with van der Waals surface area (Å²) in [4.78, 5) is 4.16. The number of rotatable bonds is 7. The van der Waals surface area contributed by atoms with Gasteiger partial charge in [-0.2, -0.15) is 0 Å². The van der Waals surface area contributed by atoms with E-state index in [0.29, 0.717) is 5.88 Å². The summed E-state index contributed by atoms with van der Waals surface area (Å²) in [6.07, 6.45) is 5.29. The Kier molecular flexibility index (Phi) is 5.23. The highest BCUT2D eigenvalue weighted by Gasteiger charge is 1.95. The van der Waals surface area contributed by atoms with Gasteiger partial charge in [0.1, 0.15) is 0 Å². The molecule has 0 radical (unpaired) electrons. The molecule has 1 heterocycles. The van der Waals surface area contributed by atoms with E-state index in [2.05, 4.69) is 40.6 Å². The number of nitrogens with one attached hydrogen (secondary N) is 1. The maximum absolute atomic E-state index is 5.02.